The first-order valence-corrected chi connectivity index (χ1v) is 11.1. The summed E-state index contributed by atoms with van der Waals surface area (Å²) in [6, 6.07) is 6.15. The number of allylic oxidation sites excluding steroid dienone is 5. The molecule has 1 amide bonds. The largest absolute Gasteiger partial charge is 0.392 e. The maximum absolute atomic E-state index is 12.7. The molecule has 1 aliphatic heterocycles. The molecule has 2 N–H and O–H groups in total. The third-order valence-electron chi connectivity index (χ3n) is 6.32. The molecule has 1 aromatic heterocycles. The molecule has 0 bridgehead atoms. The summed E-state index contributed by atoms with van der Waals surface area (Å²) in [5.74, 6) is 0.320. The number of aliphatic hydroxyl groups excluding tert-OH is 1. The molecule has 1 aliphatic carbocycles. The van der Waals surface area contributed by atoms with E-state index < -0.39 is 5.56 Å². The summed E-state index contributed by atoms with van der Waals surface area (Å²) in [4.78, 5) is 32.8. The molecular formula is C26H29N3O3. The van der Waals surface area contributed by atoms with Crippen LogP contribution >= 0.6 is 0 Å². The van der Waals surface area contributed by atoms with Gasteiger partial charge in [-0.05, 0) is 66.0 Å². The highest BCUT2D eigenvalue weighted by atomic mass is 16.3. The van der Waals surface area contributed by atoms with Gasteiger partial charge in [-0.2, -0.15) is 0 Å². The van der Waals surface area contributed by atoms with E-state index in [1.54, 1.807) is 4.90 Å². The lowest BCUT2D eigenvalue weighted by Crippen LogP contribution is -2.34. The Hall–Kier alpha value is -3.25. The molecule has 1 saturated heterocycles. The molecular weight excluding hydrogens is 402 g/mol. The summed E-state index contributed by atoms with van der Waals surface area (Å²) in [6.07, 6.45) is 12.2. The normalized spacial score (nSPS) is 19.0. The maximum Gasteiger partial charge on any atom is 0.279 e. The van der Waals surface area contributed by atoms with Gasteiger partial charge in [0.25, 0.3) is 11.5 Å². The third-order valence-corrected chi connectivity index (χ3v) is 6.32. The lowest BCUT2D eigenvalue weighted by molar-refractivity contribution is 0.0783. The number of carbonyl (C=O) groups is 1. The molecule has 6 nitrogen and oxygen atoms in total. The van der Waals surface area contributed by atoms with Crippen LogP contribution in [0.2, 0.25) is 0 Å². The van der Waals surface area contributed by atoms with Crippen LogP contribution in [0.25, 0.3) is 5.57 Å². The fourth-order valence-electron chi connectivity index (χ4n) is 4.43. The van der Waals surface area contributed by atoms with Gasteiger partial charge in [-0.3, -0.25) is 9.59 Å². The topological polar surface area (TPSA) is 86.3 Å². The van der Waals surface area contributed by atoms with Crippen LogP contribution in [0.4, 0.5) is 0 Å². The molecule has 1 saturated carbocycles. The van der Waals surface area contributed by atoms with E-state index in [0.717, 1.165) is 28.7 Å². The molecule has 0 spiro atoms. The lowest BCUT2D eigenvalue weighted by atomic mass is 9.88. The van der Waals surface area contributed by atoms with Crippen molar-refractivity contribution in [3.63, 3.8) is 0 Å². The van der Waals surface area contributed by atoms with Gasteiger partial charge in [0.15, 0.2) is 5.69 Å². The van der Waals surface area contributed by atoms with E-state index in [1.807, 2.05) is 19.1 Å². The zero-order valence-electron chi connectivity index (χ0n) is 18.4. The Kier molecular flexibility index (Phi) is 6.51. The maximum atomic E-state index is 12.7. The lowest BCUT2D eigenvalue weighted by Gasteiger charge is -2.19. The fourth-order valence-corrected chi connectivity index (χ4v) is 4.43. The number of hydrogen-bond acceptors (Lipinski definition) is 4. The van der Waals surface area contributed by atoms with Gasteiger partial charge >= 0.3 is 0 Å². The smallest absolute Gasteiger partial charge is 0.279 e. The molecule has 2 heterocycles. The second-order valence-corrected chi connectivity index (χ2v) is 8.48. The quantitative estimate of drug-likeness (QED) is 0.653. The SMILES string of the molecule is C=C(/C(=C\C=C/C)C1CC1)c1ccc(C2CCN(C(=O)c3ncc[nH]c3=O)C2)c(CO)c1. The van der Waals surface area contributed by atoms with Crippen LogP contribution in [0.15, 0.2) is 65.8 Å². The molecule has 4 rings (SSSR count). The molecule has 1 atom stereocenters. The van der Waals surface area contributed by atoms with Gasteiger partial charge in [-0.1, -0.05) is 36.9 Å². The number of H-pyrrole nitrogens is 1. The molecule has 6 heteroatoms. The van der Waals surface area contributed by atoms with Gasteiger partial charge in [-0.15, -0.1) is 0 Å². The first-order chi connectivity index (χ1) is 15.5. The average Bonchev–Trinajstić information content (AvgIpc) is 3.53. The van der Waals surface area contributed by atoms with E-state index in [2.05, 4.69) is 40.8 Å². The Bertz CT molecular complexity index is 1140. The number of nitrogens with zero attached hydrogens (tertiary/aromatic N) is 2. The number of amides is 1. The van der Waals surface area contributed by atoms with Crippen LogP contribution < -0.4 is 5.56 Å². The molecule has 32 heavy (non-hydrogen) atoms. The van der Waals surface area contributed by atoms with E-state index >= 15 is 0 Å². The van der Waals surface area contributed by atoms with Gasteiger partial charge in [0.2, 0.25) is 0 Å². The molecule has 166 valence electrons. The Morgan fingerprint density at radius 3 is 2.84 bits per heavy atom. The number of carbonyl (C=O) groups excluding carboxylic acids is 1. The highest BCUT2D eigenvalue weighted by Gasteiger charge is 2.31. The van der Waals surface area contributed by atoms with Crippen molar-refractivity contribution in [1.82, 2.24) is 14.9 Å². The van der Waals surface area contributed by atoms with Crippen molar-refractivity contribution in [2.75, 3.05) is 13.1 Å². The van der Waals surface area contributed by atoms with Crippen molar-refractivity contribution in [2.24, 2.45) is 5.92 Å². The highest BCUT2D eigenvalue weighted by Crippen LogP contribution is 2.43. The third kappa shape index (κ3) is 4.50. The van der Waals surface area contributed by atoms with E-state index in [-0.39, 0.29) is 24.1 Å². The molecule has 1 unspecified atom stereocenters. The van der Waals surface area contributed by atoms with Crippen molar-refractivity contribution >= 4 is 11.5 Å². The molecule has 2 fully saturated rings. The second-order valence-electron chi connectivity index (χ2n) is 8.48. The fraction of sp³-hybridized carbons (Fsp3) is 0.346. The van der Waals surface area contributed by atoms with Crippen molar-refractivity contribution in [3.8, 4) is 0 Å². The second kappa shape index (κ2) is 9.49. The zero-order chi connectivity index (χ0) is 22.7. The van der Waals surface area contributed by atoms with E-state index in [9.17, 15) is 14.7 Å². The number of aromatic amines is 1. The Morgan fingerprint density at radius 2 is 2.16 bits per heavy atom. The minimum Gasteiger partial charge on any atom is -0.392 e. The van der Waals surface area contributed by atoms with Gasteiger partial charge in [0.1, 0.15) is 0 Å². The van der Waals surface area contributed by atoms with Crippen LogP contribution in [-0.4, -0.2) is 39.0 Å². The molecule has 1 aromatic carbocycles. The number of rotatable bonds is 7. The highest BCUT2D eigenvalue weighted by molar-refractivity contribution is 5.92. The van der Waals surface area contributed by atoms with Gasteiger partial charge < -0.3 is 15.0 Å². The first-order valence-electron chi connectivity index (χ1n) is 11.1. The molecule has 0 radical (unpaired) electrons. The number of aliphatic hydroxyl groups is 1. The van der Waals surface area contributed by atoms with Gasteiger partial charge in [0.05, 0.1) is 6.61 Å². The predicted molar refractivity (Wildman–Crippen MR) is 125 cm³/mol. The predicted octanol–water partition coefficient (Wildman–Crippen LogP) is 3.82. The zero-order valence-corrected chi connectivity index (χ0v) is 18.4. The van der Waals surface area contributed by atoms with E-state index in [1.165, 1.54) is 30.8 Å². The van der Waals surface area contributed by atoms with Crippen molar-refractivity contribution in [3.05, 3.63) is 93.7 Å². The summed E-state index contributed by atoms with van der Waals surface area (Å²) in [6.45, 7) is 7.32. The van der Waals surface area contributed by atoms with Crippen LogP contribution in [-0.2, 0) is 6.61 Å². The Morgan fingerprint density at radius 1 is 1.34 bits per heavy atom. The number of aromatic nitrogens is 2. The Labute approximate surface area is 188 Å². The number of benzene rings is 1. The molecule has 2 aliphatic rings. The van der Waals surface area contributed by atoms with E-state index in [0.29, 0.717) is 19.0 Å². The van der Waals surface area contributed by atoms with Crippen LogP contribution in [0, 0.1) is 5.92 Å². The monoisotopic (exact) mass is 431 g/mol. The van der Waals surface area contributed by atoms with Crippen LogP contribution in [0.1, 0.15) is 59.3 Å². The minimum atomic E-state index is -0.475. The van der Waals surface area contributed by atoms with Crippen LogP contribution in [0.5, 0.6) is 0 Å². The van der Waals surface area contributed by atoms with Gasteiger partial charge in [0, 0.05) is 31.4 Å². The van der Waals surface area contributed by atoms with Gasteiger partial charge in [-0.25, -0.2) is 4.98 Å². The summed E-state index contributed by atoms with van der Waals surface area (Å²) in [5, 5.41) is 10.1. The number of nitrogens with one attached hydrogen (secondary N) is 1. The average molecular weight is 432 g/mol. The van der Waals surface area contributed by atoms with E-state index in [4.69, 9.17) is 0 Å². The Balaban J connectivity index is 1.54. The standard InChI is InChI=1S/C26H29N3O3/c1-3-4-5-22(18-6-7-18)17(2)19-8-9-23(21(14-19)16-30)20-10-13-29(15-20)26(32)24-25(31)28-12-11-27-24/h3-5,8-9,11-12,14,18,20,30H,2,6-7,10,13,15-16H2,1H3,(H,28,31)/b4-3-,22-5+. The summed E-state index contributed by atoms with van der Waals surface area (Å²) >= 11 is 0. The first kappa shape index (κ1) is 22.0. The minimum absolute atomic E-state index is 0.0713. The summed E-state index contributed by atoms with van der Waals surface area (Å²) in [5.41, 5.74) is 4.63. The van der Waals surface area contributed by atoms with Crippen LogP contribution in [0.3, 0.4) is 0 Å². The van der Waals surface area contributed by atoms with Crippen molar-refractivity contribution in [2.45, 2.75) is 38.7 Å². The van der Waals surface area contributed by atoms with Crippen molar-refractivity contribution in [1.29, 1.82) is 0 Å². The number of hydrogen-bond donors (Lipinski definition) is 2. The summed E-state index contributed by atoms with van der Waals surface area (Å²) in [7, 11) is 0. The molecule has 2 aromatic rings. The summed E-state index contributed by atoms with van der Waals surface area (Å²) < 4.78 is 0. The van der Waals surface area contributed by atoms with Crippen molar-refractivity contribution < 1.29 is 9.90 Å². The number of likely N-dealkylation sites (tertiary alicyclic amines) is 1.